The Morgan fingerprint density at radius 3 is 2.58 bits per heavy atom. The molecule has 0 atom stereocenters. The summed E-state index contributed by atoms with van der Waals surface area (Å²) in [6.45, 7) is 2.82. The summed E-state index contributed by atoms with van der Waals surface area (Å²) in [7, 11) is 1.63. The summed E-state index contributed by atoms with van der Waals surface area (Å²) in [6, 6.07) is 18.4. The molecule has 0 aliphatic heterocycles. The average molecular weight is 412 g/mol. The van der Waals surface area contributed by atoms with Gasteiger partial charge in [-0.15, -0.1) is 0 Å². The highest BCUT2D eigenvalue weighted by atomic mass is 16.5. The van der Waals surface area contributed by atoms with Crippen LogP contribution in [0.5, 0.6) is 5.75 Å². The summed E-state index contributed by atoms with van der Waals surface area (Å²) >= 11 is 0. The minimum atomic E-state index is 0.00751. The number of hydrogen-bond donors (Lipinski definition) is 1. The Labute approximate surface area is 181 Å². The van der Waals surface area contributed by atoms with Crippen molar-refractivity contribution in [3.63, 3.8) is 0 Å². The molecule has 5 heteroatoms. The number of aryl methyl sites for hydroxylation is 1. The van der Waals surface area contributed by atoms with Crippen molar-refractivity contribution >= 4 is 16.7 Å². The first-order valence-corrected chi connectivity index (χ1v) is 10.7. The van der Waals surface area contributed by atoms with Crippen LogP contribution in [0.4, 0.5) is 5.82 Å². The maximum Gasteiger partial charge on any atom is 0.197 e. The monoisotopic (exact) mass is 411 g/mol. The minimum Gasteiger partial charge on any atom is -0.497 e. The fourth-order valence-electron chi connectivity index (χ4n) is 4.49. The molecule has 0 saturated heterocycles. The molecule has 0 amide bonds. The molecule has 0 unspecified atom stereocenters. The Morgan fingerprint density at radius 2 is 1.87 bits per heavy atom. The summed E-state index contributed by atoms with van der Waals surface area (Å²) in [5.41, 5.74) is 5.14. The predicted octanol–water partition coefficient (Wildman–Crippen LogP) is 4.67. The molecular weight excluding hydrogens is 386 g/mol. The van der Waals surface area contributed by atoms with Crippen molar-refractivity contribution < 1.29 is 4.74 Å². The second-order valence-corrected chi connectivity index (χ2v) is 7.99. The molecule has 2 aromatic heterocycles. The molecule has 0 fully saturated rings. The van der Waals surface area contributed by atoms with Gasteiger partial charge in [-0.1, -0.05) is 36.4 Å². The van der Waals surface area contributed by atoms with E-state index in [1.807, 2.05) is 36.5 Å². The molecule has 2 aromatic carbocycles. The average Bonchev–Trinajstić information content (AvgIpc) is 3.22. The molecule has 0 bridgehead atoms. The molecule has 5 nitrogen and oxygen atoms in total. The summed E-state index contributed by atoms with van der Waals surface area (Å²) in [6.07, 6.45) is 5.67. The SMILES string of the molecule is CCn1cc(-c2cccc(OC)c2)c(=O)c2cc(NC3Cc4ccccc4C3)ncc21. The second-order valence-electron chi connectivity index (χ2n) is 7.99. The predicted molar refractivity (Wildman–Crippen MR) is 125 cm³/mol. The van der Waals surface area contributed by atoms with E-state index >= 15 is 0 Å². The van der Waals surface area contributed by atoms with E-state index in [0.29, 0.717) is 10.9 Å². The van der Waals surface area contributed by atoms with Gasteiger partial charge in [0.1, 0.15) is 11.6 Å². The molecule has 0 radical (unpaired) electrons. The van der Waals surface area contributed by atoms with Gasteiger partial charge >= 0.3 is 0 Å². The largest absolute Gasteiger partial charge is 0.497 e. The molecule has 1 aliphatic rings. The number of nitrogens with one attached hydrogen (secondary N) is 1. The van der Waals surface area contributed by atoms with Crippen LogP contribution in [0.25, 0.3) is 22.0 Å². The van der Waals surface area contributed by atoms with Gasteiger partial charge in [-0.3, -0.25) is 4.79 Å². The number of anilines is 1. The Morgan fingerprint density at radius 1 is 1.10 bits per heavy atom. The fraction of sp³-hybridized carbons (Fsp3) is 0.231. The van der Waals surface area contributed by atoms with Gasteiger partial charge in [-0.05, 0) is 54.7 Å². The number of rotatable bonds is 5. The van der Waals surface area contributed by atoms with E-state index in [0.717, 1.165) is 42.0 Å². The summed E-state index contributed by atoms with van der Waals surface area (Å²) in [5, 5.41) is 4.22. The highest BCUT2D eigenvalue weighted by molar-refractivity contribution is 5.85. The summed E-state index contributed by atoms with van der Waals surface area (Å²) in [4.78, 5) is 18.1. The van der Waals surface area contributed by atoms with E-state index in [4.69, 9.17) is 4.74 Å². The molecule has 4 aromatic rings. The van der Waals surface area contributed by atoms with Crippen molar-refractivity contribution in [1.29, 1.82) is 0 Å². The van der Waals surface area contributed by atoms with Crippen molar-refractivity contribution in [1.82, 2.24) is 9.55 Å². The number of nitrogens with zero attached hydrogens (tertiary/aromatic N) is 2. The highest BCUT2D eigenvalue weighted by Gasteiger charge is 2.21. The molecule has 156 valence electrons. The Hall–Kier alpha value is -3.60. The van der Waals surface area contributed by atoms with Crippen molar-refractivity contribution in [2.24, 2.45) is 0 Å². The standard InChI is InChI=1S/C26H25N3O2/c1-3-29-16-23(19-9-6-10-21(13-19)31-2)26(30)22-14-25(27-15-24(22)29)28-20-11-17-7-4-5-8-18(17)12-20/h4-10,13-16,20H,3,11-12H2,1-2H3,(H,27,28). The lowest BCUT2D eigenvalue weighted by atomic mass is 10.0. The first-order valence-electron chi connectivity index (χ1n) is 10.7. The smallest absolute Gasteiger partial charge is 0.197 e. The number of fused-ring (bicyclic) bond motifs is 2. The molecule has 1 aliphatic carbocycles. The van der Waals surface area contributed by atoms with Crippen molar-refractivity contribution in [2.75, 3.05) is 12.4 Å². The van der Waals surface area contributed by atoms with Gasteiger partial charge < -0.3 is 14.6 Å². The molecule has 5 rings (SSSR count). The maximum absolute atomic E-state index is 13.5. The van der Waals surface area contributed by atoms with Gasteiger partial charge in [0.15, 0.2) is 5.43 Å². The molecule has 31 heavy (non-hydrogen) atoms. The van der Waals surface area contributed by atoms with Crippen LogP contribution in [0.15, 0.2) is 71.8 Å². The van der Waals surface area contributed by atoms with E-state index in [1.54, 1.807) is 13.3 Å². The number of pyridine rings is 2. The third kappa shape index (κ3) is 3.56. The topological polar surface area (TPSA) is 56.1 Å². The highest BCUT2D eigenvalue weighted by Crippen LogP contribution is 2.26. The quantitative estimate of drug-likeness (QED) is 0.518. The zero-order valence-corrected chi connectivity index (χ0v) is 17.8. The lowest BCUT2D eigenvalue weighted by molar-refractivity contribution is 0.415. The normalized spacial score (nSPS) is 13.4. The van der Waals surface area contributed by atoms with Gasteiger partial charge in [-0.2, -0.15) is 0 Å². The minimum absolute atomic E-state index is 0.00751. The number of methoxy groups -OCH3 is 1. The van der Waals surface area contributed by atoms with Gasteiger partial charge in [0.05, 0.1) is 24.2 Å². The van der Waals surface area contributed by atoms with Crippen LogP contribution in [0.2, 0.25) is 0 Å². The maximum atomic E-state index is 13.5. The number of benzene rings is 2. The van der Waals surface area contributed by atoms with Crippen LogP contribution in [-0.4, -0.2) is 22.7 Å². The van der Waals surface area contributed by atoms with Crippen molar-refractivity contribution in [2.45, 2.75) is 32.4 Å². The van der Waals surface area contributed by atoms with E-state index in [2.05, 4.69) is 46.1 Å². The van der Waals surface area contributed by atoms with Gasteiger partial charge in [-0.25, -0.2) is 4.98 Å². The zero-order valence-electron chi connectivity index (χ0n) is 17.8. The third-order valence-electron chi connectivity index (χ3n) is 6.09. The van der Waals surface area contributed by atoms with Crippen LogP contribution in [0.3, 0.4) is 0 Å². The van der Waals surface area contributed by atoms with E-state index in [-0.39, 0.29) is 11.5 Å². The first kappa shape index (κ1) is 19.4. The molecular formula is C26H25N3O2. The number of hydrogen-bond acceptors (Lipinski definition) is 4. The number of aromatic nitrogens is 2. The lowest BCUT2D eigenvalue weighted by Crippen LogP contribution is -2.21. The van der Waals surface area contributed by atoms with Crippen LogP contribution >= 0.6 is 0 Å². The fourth-order valence-corrected chi connectivity index (χ4v) is 4.49. The van der Waals surface area contributed by atoms with E-state index < -0.39 is 0 Å². The summed E-state index contributed by atoms with van der Waals surface area (Å²) in [5.74, 6) is 1.48. The Bertz CT molecular complexity index is 1300. The second kappa shape index (κ2) is 7.91. The van der Waals surface area contributed by atoms with Crippen LogP contribution in [-0.2, 0) is 19.4 Å². The Kier molecular flexibility index (Phi) is 4.94. The number of ether oxygens (including phenoxy) is 1. The molecule has 0 spiro atoms. The molecule has 2 heterocycles. The Balaban J connectivity index is 1.54. The first-order chi connectivity index (χ1) is 15.2. The molecule has 1 N–H and O–H groups in total. The third-order valence-corrected chi connectivity index (χ3v) is 6.09. The van der Waals surface area contributed by atoms with Crippen LogP contribution < -0.4 is 15.5 Å². The molecule has 0 saturated carbocycles. The summed E-state index contributed by atoms with van der Waals surface area (Å²) < 4.78 is 7.43. The van der Waals surface area contributed by atoms with E-state index in [9.17, 15) is 4.79 Å². The lowest BCUT2D eigenvalue weighted by Gasteiger charge is -2.16. The van der Waals surface area contributed by atoms with Gasteiger partial charge in [0.2, 0.25) is 0 Å². The van der Waals surface area contributed by atoms with Gasteiger partial charge in [0, 0.05) is 24.3 Å². The van der Waals surface area contributed by atoms with Gasteiger partial charge in [0.25, 0.3) is 0 Å². The zero-order chi connectivity index (χ0) is 21.4. The van der Waals surface area contributed by atoms with Crippen molar-refractivity contribution in [3.05, 3.63) is 88.3 Å². The van der Waals surface area contributed by atoms with Crippen LogP contribution in [0, 0.1) is 0 Å². The van der Waals surface area contributed by atoms with Crippen molar-refractivity contribution in [3.8, 4) is 16.9 Å². The van der Waals surface area contributed by atoms with E-state index in [1.165, 1.54) is 11.1 Å². The van der Waals surface area contributed by atoms with Crippen LogP contribution in [0.1, 0.15) is 18.1 Å².